The summed E-state index contributed by atoms with van der Waals surface area (Å²) < 4.78 is 38.6. The maximum absolute atomic E-state index is 13.7. The fourth-order valence-electron chi connectivity index (χ4n) is 4.68. The average Bonchev–Trinajstić information content (AvgIpc) is 3.20. The molecule has 1 N–H and O–H groups in total. The molecule has 0 fully saturated rings. The van der Waals surface area contributed by atoms with Crippen LogP contribution in [-0.2, 0) is 23.7 Å². The number of halogens is 1. The second-order valence-corrected chi connectivity index (χ2v) is 10.5. The van der Waals surface area contributed by atoms with E-state index in [0.29, 0.717) is 45.0 Å². The van der Waals surface area contributed by atoms with Crippen molar-refractivity contribution in [3.63, 3.8) is 0 Å². The van der Waals surface area contributed by atoms with Gasteiger partial charge in [-0.3, -0.25) is 9.78 Å². The molecule has 176 valence electrons. The Morgan fingerprint density at radius 1 is 1.14 bits per heavy atom. The van der Waals surface area contributed by atoms with Crippen molar-refractivity contribution in [3.05, 3.63) is 70.1 Å². The Balaban J connectivity index is 1.88. The van der Waals surface area contributed by atoms with Crippen LogP contribution < -0.4 is 5.43 Å². The number of aryl methyl sites for hydroxylation is 1. The minimum atomic E-state index is -4.91. The van der Waals surface area contributed by atoms with Crippen LogP contribution in [0.5, 0.6) is 0 Å². The van der Waals surface area contributed by atoms with Crippen LogP contribution in [0.3, 0.4) is 0 Å². The van der Waals surface area contributed by atoms with E-state index in [0.717, 1.165) is 22.7 Å². The van der Waals surface area contributed by atoms with Gasteiger partial charge in [-0.2, -0.15) is 8.42 Å². The number of nitrogens with one attached hydrogen (secondary N) is 1. The fraction of sp³-hybridized carbons (Fsp3) is 0.185. The highest BCUT2D eigenvalue weighted by atomic mass is 32.3. The zero-order chi connectivity index (χ0) is 25.1. The molecular weight excluding hydrogens is 465 g/mol. The lowest BCUT2D eigenvalue weighted by Gasteiger charge is -2.16. The van der Waals surface area contributed by atoms with E-state index in [1.54, 1.807) is 0 Å². The van der Waals surface area contributed by atoms with Gasteiger partial charge in [0.25, 0.3) is 0 Å². The third-order valence-electron chi connectivity index (χ3n) is 6.27. The minimum absolute atomic E-state index is 0.109. The van der Waals surface area contributed by atoms with Gasteiger partial charge in [0.05, 0.1) is 10.9 Å². The monoisotopic (exact) mass is 487 g/mol. The van der Waals surface area contributed by atoms with Gasteiger partial charge in [-0.1, -0.05) is 25.8 Å². The zero-order valence-electron chi connectivity index (χ0n) is 19.4. The van der Waals surface area contributed by atoms with Crippen LogP contribution in [0.1, 0.15) is 25.0 Å². The Hall–Kier alpha value is -3.96. The molecule has 0 spiro atoms. The molecule has 5 aromatic rings. The Labute approximate surface area is 201 Å². The largest absolute Gasteiger partial charge is 0.340 e. The van der Waals surface area contributed by atoms with Crippen molar-refractivity contribution in [2.75, 3.05) is 0 Å². The molecule has 3 aromatic heterocycles. The van der Waals surface area contributed by atoms with Crippen LogP contribution in [0.4, 0.5) is 3.89 Å². The number of fused-ring (bicyclic) bond motifs is 4. The standard InChI is InChI=1S/C27H22FN3O3S/c1-5-16-6-7-20-23(9-16)30-27-25(20)26(32)22-11-17(8-15(2)3)21(12-24(22)31(27)4)18-10-19(14-29-13-18)35(28,33)34/h1,6-7,9-15,30H,8H2,2-4H3. The van der Waals surface area contributed by atoms with Crippen LogP contribution >= 0.6 is 0 Å². The van der Waals surface area contributed by atoms with Crippen LogP contribution in [-0.4, -0.2) is 23.0 Å². The molecule has 5 rings (SSSR count). The smallest absolute Gasteiger partial charge is 0.333 e. The first-order valence-electron chi connectivity index (χ1n) is 11.1. The maximum atomic E-state index is 13.7. The van der Waals surface area contributed by atoms with Crippen LogP contribution in [0.15, 0.2) is 58.5 Å². The van der Waals surface area contributed by atoms with E-state index in [-0.39, 0.29) is 11.3 Å². The molecule has 0 atom stereocenters. The summed E-state index contributed by atoms with van der Waals surface area (Å²) in [4.78, 5) is 20.5. The van der Waals surface area contributed by atoms with Gasteiger partial charge in [-0.05, 0) is 53.8 Å². The summed E-state index contributed by atoms with van der Waals surface area (Å²) >= 11 is 0. The Kier molecular flexibility index (Phi) is 5.26. The normalized spacial score (nSPS) is 12.1. The molecule has 8 heteroatoms. The van der Waals surface area contributed by atoms with Crippen molar-refractivity contribution < 1.29 is 12.3 Å². The maximum Gasteiger partial charge on any atom is 0.333 e. The highest BCUT2D eigenvalue weighted by Gasteiger charge is 2.19. The summed E-state index contributed by atoms with van der Waals surface area (Å²) in [5, 5.41) is 1.92. The van der Waals surface area contributed by atoms with Crippen molar-refractivity contribution in [1.82, 2.24) is 14.5 Å². The number of hydrogen-bond acceptors (Lipinski definition) is 4. The Bertz CT molecular complexity index is 1880. The number of hydrogen-bond donors (Lipinski definition) is 1. The predicted molar refractivity (Wildman–Crippen MR) is 137 cm³/mol. The molecule has 0 radical (unpaired) electrons. The number of aromatic nitrogens is 3. The van der Waals surface area contributed by atoms with Gasteiger partial charge in [0, 0.05) is 46.9 Å². The van der Waals surface area contributed by atoms with E-state index >= 15 is 0 Å². The van der Waals surface area contributed by atoms with Gasteiger partial charge in [-0.25, -0.2) is 0 Å². The van der Waals surface area contributed by atoms with E-state index in [1.165, 1.54) is 12.3 Å². The molecule has 0 amide bonds. The van der Waals surface area contributed by atoms with Crippen LogP contribution in [0.2, 0.25) is 0 Å². The summed E-state index contributed by atoms with van der Waals surface area (Å²) in [5.41, 5.74) is 4.69. The van der Waals surface area contributed by atoms with Crippen molar-refractivity contribution in [2.24, 2.45) is 13.0 Å². The summed E-state index contributed by atoms with van der Waals surface area (Å²) in [7, 11) is -3.06. The number of pyridine rings is 2. The fourth-order valence-corrected chi connectivity index (χ4v) is 5.13. The van der Waals surface area contributed by atoms with Gasteiger partial charge in [0.1, 0.15) is 10.5 Å². The van der Waals surface area contributed by atoms with E-state index in [4.69, 9.17) is 6.42 Å². The first kappa shape index (κ1) is 22.8. The quantitative estimate of drug-likeness (QED) is 0.283. The second-order valence-electron chi connectivity index (χ2n) is 9.11. The summed E-state index contributed by atoms with van der Waals surface area (Å²) in [6.45, 7) is 4.11. The molecule has 0 saturated heterocycles. The molecule has 0 aliphatic rings. The second kappa shape index (κ2) is 8.07. The summed E-state index contributed by atoms with van der Waals surface area (Å²) in [6.07, 6.45) is 8.67. The molecule has 0 aliphatic carbocycles. The Morgan fingerprint density at radius 3 is 2.60 bits per heavy atom. The number of benzene rings is 2. The first-order chi connectivity index (χ1) is 16.6. The lowest BCUT2D eigenvalue weighted by Crippen LogP contribution is -2.10. The zero-order valence-corrected chi connectivity index (χ0v) is 20.2. The number of terminal acetylenes is 1. The number of aromatic amines is 1. The van der Waals surface area contributed by atoms with E-state index in [2.05, 4.69) is 29.7 Å². The van der Waals surface area contributed by atoms with Crippen molar-refractivity contribution in [2.45, 2.75) is 25.2 Å². The minimum Gasteiger partial charge on any atom is -0.340 e. The third-order valence-corrected chi connectivity index (χ3v) is 7.06. The molecule has 35 heavy (non-hydrogen) atoms. The van der Waals surface area contributed by atoms with E-state index < -0.39 is 15.1 Å². The Morgan fingerprint density at radius 2 is 1.91 bits per heavy atom. The first-order valence-corrected chi connectivity index (χ1v) is 12.4. The molecule has 2 aromatic carbocycles. The van der Waals surface area contributed by atoms with E-state index in [9.17, 15) is 17.1 Å². The summed E-state index contributed by atoms with van der Waals surface area (Å²) in [6, 6.07) is 10.5. The molecule has 6 nitrogen and oxygen atoms in total. The molecular formula is C27H22FN3O3S. The number of nitrogens with zero attached hydrogens (tertiary/aromatic N) is 2. The van der Waals surface area contributed by atoms with Gasteiger partial charge < -0.3 is 9.55 Å². The third kappa shape index (κ3) is 3.78. The van der Waals surface area contributed by atoms with Gasteiger partial charge in [0.2, 0.25) is 0 Å². The van der Waals surface area contributed by atoms with Crippen molar-refractivity contribution in [3.8, 4) is 23.5 Å². The van der Waals surface area contributed by atoms with E-state index in [1.807, 2.05) is 41.9 Å². The SMILES string of the molecule is C#Cc1ccc2c(c1)[nH]c1c2c(=O)c2cc(CC(C)C)c(-c3cncc(S(=O)(=O)F)c3)cc2n1C. The molecule has 3 heterocycles. The van der Waals surface area contributed by atoms with Crippen LogP contribution in [0.25, 0.3) is 44.0 Å². The highest BCUT2D eigenvalue weighted by Crippen LogP contribution is 2.33. The van der Waals surface area contributed by atoms with Crippen molar-refractivity contribution >= 4 is 43.1 Å². The number of rotatable bonds is 4. The molecule has 0 aliphatic heterocycles. The molecule has 0 unspecified atom stereocenters. The van der Waals surface area contributed by atoms with Gasteiger partial charge in [0.15, 0.2) is 5.43 Å². The predicted octanol–water partition coefficient (Wildman–Crippen LogP) is 5.07. The lowest BCUT2D eigenvalue weighted by atomic mass is 9.92. The number of H-pyrrole nitrogens is 1. The average molecular weight is 488 g/mol. The highest BCUT2D eigenvalue weighted by molar-refractivity contribution is 7.86. The van der Waals surface area contributed by atoms with Crippen LogP contribution in [0, 0.1) is 18.3 Å². The van der Waals surface area contributed by atoms with Gasteiger partial charge >= 0.3 is 10.2 Å². The topological polar surface area (TPSA) is 84.8 Å². The van der Waals surface area contributed by atoms with Crippen molar-refractivity contribution in [1.29, 1.82) is 0 Å². The molecule has 0 bridgehead atoms. The molecule has 0 saturated carbocycles. The lowest BCUT2D eigenvalue weighted by molar-refractivity contribution is 0.551. The summed E-state index contributed by atoms with van der Waals surface area (Å²) in [5.74, 6) is 2.87. The van der Waals surface area contributed by atoms with Gasteiger partial charge in [-0.15, -0.1) is 10.3 Å².